The molecule has 5 nitrogen and oxygen atoms in total. The first-order valence-electron chi connectivity index (χ1n) is 5.57. The summed E-state index contributed by atoms with van der Waals surface area (Å²) in [4.78, 5) is 15.7. The third-order valence-corrected chi connectivity index (χ3v) is 2.43. The number of nitrogens with zero attached hydrogens (tertiary/aromatic N) is 2. The SMILES string of the molecule is CCOC(=O)C(C)Nc1cccc2nccn12. The van der Waals surface area contributed by atoms with Crippen molar-refractivity contribution in [2.24, 2.45) is 0 Å². The summed E-state index contributed by atoms with van der Waals surface area (Å²) >= 11 is 0. The molecule has 0 fully saturated rings. The average molecular weight is 233 g/mol. The summed E-state index contributed by atoms with van der Waals surface area (Å²) in [6.45, 7) is 3.95. The second-order valence-electron chi connectivity index (χ2n) is 3.68. The number of hydrogen-bond acceptors (Lipinski definition) is 4. The van der Waals surface area contributed by atoms with Crippen molar-refractivity contribution >= 4 is 17.4 Å². The van der Waals surface area contributed by atoms with Gasteiger partial charge in [-0.15, -0.1) is 0 Å². The normalized spacial score (nSPS) is 12.4. The topological polar surface area (TPSA) is 55.6 Å². The second kappa shape index (κ2) is 4.86. The molecule has 0 aliphatic heterocycles. The van der Waals surface area contributed by atoms with Gasteiger partial charge in [-0.2, -0.15) is 0 Å². The van der Waals surface area contributed by atoms with Crippen molar-refractivity contribution in [3.05, 3.63) is 30.6 Å². The van der Waals surface area contributed by atoms with Gasteiger partial charge in [0.2, 0.25) is 0 Å². The lowest BCUT2D eigenvalue weighted by molar-refractivity contribution is -0.143. The Kier molecular flexibility index (Phi) is 3.27. The number of nitrogens with one attached hydrogen (secondary N) is 1. The molecule has 0 saturated carbocycles. The van der Waals surface area contributed by atoms with Gasteiger partial charge in [-0.3, -0.25) is 4.40 Å². The monoisotopic (exact) mass is 233 g/mol. The maximum absolute atomic E-state index is 11.5. The number of carbonyl (C=O) groups excluding carboxylic acids is 1. The fourth-order valence-electron chi connectivity index (χ4n) is 1.61. The summed E-state index contributed by atoms with van der Waals surface area (Å²) in [6.07, 6.45) is 3.56. The van der Waals surface area contributed by atoms with Crippen LogP contribution in [0.25, 0.3) is 5.65 Å². The molecule has 0 radical (unpaired) electrons. The largest absolute Gasteiger partial charge is 0.464 e. The van der Waals surface area contributed by atoms with Crippen LogP contribution >= 0.6 is 0 Å². The number of pyridine rings is 1. The molecule has 2 rings (SSSR count). The van der Waals surface area contributed by atoms with E-state index in [1.165, 1.54) is 0 Å². The van der Waals surface area contributed by atoms with Gasteiger partial charge in [0, 0.05) is 12.4 Å². The highest BCUT2D eigenvalue weighted by Crippen LogP contribution is 2.12. The van der Waals surface area contributed by atoms with E-state index in [9.17, 15) is 4.79 Å². The van der Waals surface area contributed by atoms with Crippen LogP contribution in [-0.4, -0.2) is 28.0 Å². The fraction of sp³-hybridized carbons (Fsp3) is 0.333. The molecule has 90 valence electrons. The van der Waals surface area contributed by atoms with E-state index in [0.717, 1.165) is 11.5 Å². The predicted molar refractivity (Wildman–Crippen MR) is 64.9 cm³/mol. The van der Waals surface area contributed by atoms with Crippen molar-refractivity contribution in [2.45, 2.75) is 19.9 Å². The third-order valence-electron chi connectivity index (χ3n) is 2.43. The van der Waals surface area contributed by atoms with Crippen molar-refractivity contribution in [3.8, 4) is 0 Å². The number of carbonyl (C=O) groups is 1. The van der Waals surface area contributed by atoms with Crippen molar-refractivity contribution in [3.63, 3.8) is 0 Å². The lowest BCUT2D eigenvalue weighted by atomic mass is 10.3. The number of rotatable bonds is 4. The number of aromatic nitrogens is 2. The molecule has 2 aromatic heterocycles. The van der Waals surface area contributed by atoms with Gasteiger partial charge < -0.3 is 10.1 Å². The quantitative estimate of drug-likeness (QED) is 0.817. The Bertz CT molecular complexity index is 521. The minimum Gasteiger partial charge on any atom is -0.464 e. The van der Waals surface area contributed by atoms with Gasteiger partial charge in [0.05, 0.1) is 6.61 Å². The molecule has 5 heteroatoms. The van der Waals surface area contributed by atoms with Crippen LogP contribution in [0.4, 0.5) is 5.82 Å². The maximum Gasteiger partial charge on any atom is 0.328 e. The van der Waals surface area contributed by atoms with Gasteiger partial charge in [0.15, 0.2) is 0 Å². The smallest absolute Gasteiger partial charge is 0.328 e. The molecule has 0 aliphatic carbocycles. The lowest BCUT2D eigenvalue weighted by Gasteiger charge is -2.14. The lowest BCUT2D eigenvalue weighted by Crippen LogP contribution is -2.28. The summed E-state index contributed by atoms with van der Waals surface area (Å²) in [5.74, 6) is 0.560. The van der Waals surface area contributed by atoms with Gasteiger partial charge in [-0.05, 0) is 26.0 Å². The molecular formula is C12H15N3O2. The zero-order valence-corrected chi connectivity index (χ0v) is 9.88. The van der Waals surface area contributed by atoms with Crippen molar-refractivity contribution in [1.29, 1.82) is 0 Å². The first kappa shape index (κ1) is 11.4. The molecular weight excluding hydrogens is 218 g/mol. The summed E-state index contributed by atoms with van der Waals surface area (Å²) in [7, 11) is 0. The molecule has 0 aromatic carbocycles. The highest BCUT2D eigenvalue weighted by Gasteiger charge is 2.14. The second-order valence-corrected chi connectivity index (χ2v) is 3.68. The zero-order valence-electron chi connectivity index (χ0n) is 9.88. The molecule has 0 aliphatic rings. The van der Waals surface area contributed by atoms with Gasteiger partial charge in [0.25, 0.3) is 0 Å². The Balaban J connectivity index is 2.18. The molecule has 0 spiro atoms. The van der Waals surface area contributed by atoms with E-state index in [-0.39, 0.29) is 12.0 Å². The van der Waals surface area contributed by atoms with Crippen LogP contribution in [0, 0.1) is 0 Å². The van der Waals surface area contributed by atoms with Crippen molar-refractivity contribution in [1.82, 2.24) is 9.38 Å². The first-order valence-corrected chi connectivity index (χ1v) is 5.57. The zero-order chi connectivity index (χ0) is 12.3. The van der Waals surface area contributed by atoms with Gasteiger partial charge in [0.1, 0.15) is 17.5 Å². The molecule has 1 N–H and O–H groups in total. The molecule has 0 bridgehead atoms. The van der Waals surface area contributed by atoms with Gasteiger partial charge in [-0.25, -0.2) is 9.78 Å². The Morgan fingerprint density at radius 1 is 1.59 bits per heavy atom. The highest BCUT2D eigenvalue weighted by molar-refractivity contribution is 5.78. The molecule has 0 amide bonds. The minimum absolute atomic E-state index is 0.260. The van der Waals surface area contributed by atoms with Gasteiger partial charge >= 0.3 is 5.97 Å². The molecule has 2 heterocycles. The van der Waals surface area contributed by atoms with E-state index < -0.39 is 0 Å². The van der Waals surface area contributed by atoms with Crippen LogP contribution in [0.2, 0.25) is 0 Å². The van der Waals surface area contributed by atoms with Crippen molar-refractivity contribution in [2.75, 3.05) is 11.9 Å². The number of imidazole rings is 1. The average Bonchev–Trinajstić information content (AvgIpc) is 2.78. The first-order chi connectivity index (χ1) is 8.22. The molecule has 17 heavy (non-hydrogen) atoms. The Labute approximate surface area is 99.4 Å². The summed E-state index contributed by atoms with van der Waals surface area (Å²) < 4.78 is 6.83. The van der Waals surface area contributed by atoms with E-state index in [0.29, 0.717) is 6.61 Å². The van der Waals surface area contributed by atoms with Crippen LogP contribution in [0.1, 0.15) is 13.8 Å². The number of ether oxygens (including phenoxy) is 1. The number of anilines is 1. The van der Waals surface area contributed by atoms with E-state index in [4.69, 9.17) is 4.74 Å². The van der Waals surface area contributed by atoms with Crippen LogP contribution in [0.5, 0.6) is 0 Å². The number of esters is 1. The third kappa shape index (κ3) is 2.38. The van der Waals surface area contributed by atoms with E-state index in [2.05, 4.69) is 10.3 Å². The number of fused-ring (bicyclic) bond motifs is 1. The van der Waals surface area contributed by atoms with E-state index >= 15 is 0 Å². The Morgan fingerprint density at radius 2 is 2.41 bits per heavy atom. The fourth-order valence-corrected chi connectivity index (χ4v) is 1.61. The Hall–Kier alpha value is -2.04. The molecule has 1 unspecified atom stereocenters. The summed E-state index contributed by atoms with van der Waals surface area (Å²) in [5.41, 5.74) is 0.839. The van der Waals surface area contributed by atoms with Crippen molar-refractivity contribution < 1.29 is 9.53 Å². The van der Waals surface area contributed by atoms with Crippen LogP contribution in [-0.2, 0) is 9.53 Å². The Morgan fingerprint density at radius 3 is 3.18 bits per heavy atom. The predicted octanol–water partition coefficient (Wildman–Crippen LogP) is 1.70. The van der Waals surface area contributed by atoms with Crippen LogP contribution < -0.4 is 5.32 Å². The summed E-state index contributed by atoms with van der Waals surface area (Å²) in [6, 6.07) is 5.30. The molecule has 2 aromatic rings. The van der Waals surface area contributed by atoms with Crippen LogP contribution in [0.15, 0.2) is 30.6 Å². The molecule has 0 saturated heterocycles. The number of hydrogen-bond donors (Lipinski definition) is 1. The van der Waals surface area contributed by atoms with Gasteiger partial charge in [-0.1, -0.05) is 6.07 Å². The van der Waals surface area contributed by atoms with E-state index in [1.54, 1.807) is 20.0 Å². The standard InChI is InChI=1S/C12H15N3O2/c1-3-17-12(16)9(2)14-11-6-4-5-10-13-7-8-15(10)11/h4-9,14H,3H2,1-2H3. The van der Waals surface area contributed by atoms with Crippen LogP contribution in [0.3, 0.4) is 0 Å². The maximum atomic E-state index is 11.5. The summed E-state index contributed by atoms with van der Waals surface area (Å²) in [5, 5.41) is 3.10. The minimum atomic E-state index is -0.386. The molecule has 1 atom stereocenters. The highest BCUT2D eigenvalue weighted by atomic mass is 16.5. The van der Waals surface area contributed by atoms with E-state index in [1.807, 2.05) is 28.8 Å².